The van der Waals surface area contributed by atoms with Crippen LogP contribution in [0.5, 0.6) is 0 Å². The van der Waals surface area contributed by atoms with Crippen molar-refractivity contribution in [1.82, 2.24) is 9.97 Å². The van der Waals surface area contributed by atoms with Crippen LogP contribution in [0.3, 0.4) is 0 Å². The summed E-state index contributed by atoms with van der Waals surface area (Å²) < 4.78 is 0. The Morgan fingerprint density at radius 3 is 2.41 bits per heavy atom. The molecule has 5 heteroatoms. The lowest BCUT2D eigenvalue weighted by Gasteiger charge is -2.20. The minimum Gasteiger partial charge on any atom is -0.389 e. The first-order valence-corrected chi connectivity index (χ1v) is 5.81. The molecule has 4 N–H and O–H groups in total. The first-order chi connectivity index (χ1) is 7.70. The zero-order valence-corrected chi connectivity index (χ0v) is 11.2. The lowest BCUT2D eigenvalue weighted by atomic mass is 10.1. The van der Waals surface area contributed by atoms with Gasteiger partial charge in [0.25, 0.3) is 0 Å². The normalized spacial score (nSPS) is 11.9. The largest absolute Gasteiger partial charge is 0.389 e. The van der Waals surface area contributed by atoms with Crippen LogP contribution in [0.1, 0.15) is 45.0 Å². The number of nitrogens with zero attached hydrogens (tertiary/aromatic N) is 2. The zero-order valence-electron chi connectivity index (χ0n) is 11.2. The van der Waals surface area contributed by atoms with Gasteiger partial charge in [0.2, 0.25) is 0 Å². The summed E-state index contributed by atoms with van der Waals surface area (Å²) in [5.41, 5.74) is 5.88. The highest BCUT2D eigenvalue weighted by molar-refractivity contribution is 5.55. The zero-order chi connectivity index (χ0) is 13.2. The Morgan fingerprint density at radius 1 is 1.35 bits per heavy atom. The Kier molecular flexibility index (Phi) is 3.93. The van der Waals surface area contributed by atoms with E-state index in [-0.39, 0.29) is 5.92 Å². The standard InChI is InChI=1S/C12H22N4O/c1-7(2)10-15-9(13)8(3)11(16-10)14-6-12(4,5)17/h7,17H,6H2,1-5H3,(H3,13,14,15,16). The molecule has 0 saturated heterocycles. The van der Waals surface area contributed by atoms with Crippen molar-refractivity contribution in [2.24, 2.45) is 0 Å². The number of aliphatic hydroxyl groups is 1. The van der Waals surface area contributed by atoms with Gasteiger partial charge in [0.05, 0.1) is 5.60 Å². The number of aromatic nitrogens is 2. The second-order valence-electron chi connectivity index (χ2n) is 5.26. The van der Waals surface area contributed by atoms with E-state index in [1.807, 2.05) is 20.8 Å². The van der Waals surface area contributed by atoms with Crippen LogP contribution in [-0.2, 0) is 0 Å². The number of nitrogens with two attached hydrogens (primary N) is 1. The molecule has 0 saturated carbocycles. The molecule has 0 radical (unpaired) electrons. The molecule has 17 heavy (non-hydrogen) atoms. The molecule has 0 fully saturated rings. The van der Waals surface area contributed by atoms with Gasteiger partial charge in [0.1, 0.15) is 17.5 Å². The van der Waals surface area contributed by atoms with Crippen LogP contribution in [0.25, 0.3) is 0 Å². The Balaban J connectivity index is 2.98. The third-order valence-electron chi connectivity index (χ3n) is 2.41. The Morgan fingerprint density at radius 2 is 1.94 bits per heavy atom. The molecule has 0 aliphatic heterocycles. The summed E-state index contributed by atoms with van der Waals surface area (Å²) in [6.45, 7) is 9.80. The maximum Gasteiger partial charge on any atom is 0.135 e. The molecule has 0 atom stereocenters. The minimum atomic E-state index is -0.788. The van der Waals surface area contributed by atoms with Crippen molar-refractivity contribution in [1.29, 1.82) is 0 Å². The molecule has 0 spiro atoms. The summed E-state index contributed by atoms with van der Waals surface area (Å²) in [6, 6.07) is 0. The molecule has 1 heterocycles. The first kappa shape index (κ1) is 13.7. The summed E-state index contributed by atoms with van der Waals surface area (Å²) in [7, 11) is 0. The highest BCUT2D eigenvalue weighted by atomic mass is 16.3. The highest BCUT2D eigenvalue weighted by Gasteiger charge is 2.15. The van der Waals surface area contributed by atoms with Gasteiger partial charge in [-0.3, -0.25) is 0 Å². The number of rotatable bonds is 4. The quantitative estimate of drug-likeness (QED) is 0.743. The van der Waals surface area contributed by atoms with Gasteiger partial charge in [0, 0.05) is 18.0 Å². The molecular formula is C12H22N4O. The predicted molar refractivity (Wildman–Crippen MR) is 70.1 cm³/mol. The molecule has 0 amide bonds. The van der Waals surface area contributed by atoms with Crippen molar-refractivity contribution < 1.29 is 5.11 Å². The van der Waals surface area contributed by atoms with Crippen LogP contribution in [0.2, 0.25) is 0 Å². The average molecular weight is 238 g/mol. The molecular weight excluding hydrogens is 216 g/mol. The molecule has 96 valence electrons. The van der Waals surface area contributed by atoms with Gasteiger partial charge >= 0.3 is 0 Å². The van der Waals surface area contributed by atoms with E-state index >= 15 is 0 Å². The van der Waals surface area contributed by atoms with Crippen molar-refractivity contribution in [3.05, 3.63) is 11.4 Å². The molecule has 1 aromatic heterocycles. The van der Waals surface area contributed by atoms with E-state index in [0.717, 1.165) is 5.56 Å². The summed E-state index contributed by atoms with van der Waals surface area (Å²) in [6.07, 6.45) is 0. The summed E-state index contributed by atoms with van der Waals surface area (Å²) >= 11 is 0. The Bertz CT molecular complexity index is 396. The van der Waals surface area contributed by atoms with Crippen LogP contribution >= 0.6 is 0 Å². The van der Waals surface area contributed by atoms with Crippen LogP contribution in [0.15, 0.2) is 0 Å². The lowest BCUT2D eigenvalue weighted by molar-refractivity contribution is 0.0944. The maximum atomic E-state index is 9.68. The number of nitrogen functional groups attached to an aromatic ring is 1. The third-order valence-corrected chi connectivity index (χ3v) is 2.41. The molecule has 5 nitrogen and oxygen atoms in total. The second kappa shape index (κ2) is 4.87. The SMILES string of the molecule is Cc1c(N)nc(C(C)C)nc1NCC(C)(C)O. The van der Waals surface area contributed by atoms with E-state index in [1.165, 1.54) is 0 Å². The van der Waals surface area contributed by atoms with E-state index < -0.39 is 5.60 Å². The molecule has 1 rings (SSSR count). The topological polar surface area (TPSA) is 84.1 Å². The molecule has 1 aromatic rings. The van der Waals surface area contributed by atoms with Gasteiger partial charge in [0.15, 0.2) is 0 Å². The lowest BCUT2D eigenvalue weighted by Crippen LogP contribution is -2.30. The van der Waals surface area contributed by atoms with E-state index in [9.17, 15) is 5.11 Å². The fraction of sp³-hybridized carbons (Fsp3) is 0.667. The molecule has 0 unspecified atom stereocenters. The van der Waals surface area contributed by atoms with Gasteiger partial charge in [-0.15, -0.1) is 0 Å². The van der Waals surface area contributed by atoms with Crippen molar-refractivity contribution >= 4 is 11.6 Å². The van der Waals surface area contributed by atoms with Crippen molar-refractivity contribution in [3.8, 4) is 0 Å². The number of anilines is 2. The van der Waals surface area contributed by atoms with E-state index in [4.69, 9.17) is 5.73 Å². The van der Waals surface area contributed by atoms with Crippen molar-refractivity contribution in [2.45, 2.75) is 46.1 Å². The summed E-state index contributed by atoms with van der Waals surface area (Å²) in [4.78, 5) is 8.66. The van der Waals surface area contributed by atoms with Crippen LogP contribution in [-0.4, -0.2) is 27.2 Å². The van der Waals surface area contributed by atoms with Gasteiger partial charge in [-0.05, 0) is 20.8 Å². The van der Waals surface area contributed by atoms with Crippen LogP contribution in [0, 0.1) is 6.92 Å². The molecule has 0 aliphatic carbocycles. The van der Waals surface area contributed by atoms with Crippen LogP contribution < -0.4 is 11.1 Å². The van der Waals surface area contributed by atoms with Crippen molar-refractivity contribution in [3.63, 3.8) is 0 Å². The third kappa shape index (κ3) is 3.85. The van der Waals surface area contributed by atoms with Gasteiger partial charge in [-0.2, -0.15) is 0 Å². The maximum absolute atomic E-state index is 9.68. The predicted octanol–water partition coefficient (Wildman–Crippen LogP) is 1.67. The van der Waals surface area contributed by atoms with Gasteiger partial charge in [-0.1, -0.05) is 13.8 Å². The van der Waals surface area contributed by atoms with Gasteiger partial charge in [-0.25, -0.2) is 9.97 Å². The van der Waals surface area contributed by atoms with Gasteiger partial charge < -0.3 is 16.2 Å². The Labute approximate surface area is 102 Å². The number of hydrogen-bond acceptors (Lipinski definition) is 5. The van der Waals surface area contributed by atoms with E-state index in [1.54, 1.807) is 13.8 Å². The van der Waals surface area contributed by atoms with Crippen LogP contribution in [0.4, 0.5) is 11.6 Å². The fourth-order valence-electron chi connectivity index (χ4n) is 1.28. The highest BCUT2D eigenvalue weighted by Crippen LogP contribution is 2.21. The van der Waals surface area contributed by atoms with Crippen molar-refractivity contribution in [2.75, 3.05) is 17.6 Å². The second-order valence-corrected chi connectivity index (χ2v) is 5.26. The Hall–Kier alpha value is -1.36. The number of hydrogen-bond donors (Lipinski definition) is 3. The fourth-order valence-corrected chi connectivity index (χ4v) is 1.28. The first-order valence-electron chi connectivity index (χ1n) is 5.81. The molecule has 0 bridgehead atoms. The monoisotopic (exact) mass is 238 g/mol. The number of nitrogens with one attached hydrogen (secondary N) is 1. The minimum absolute atomic E-state index is 0.223. The summed E-state index contributed by atoms with van der Waals surface area (Å²) in [5, 5.41) is 12.8. The van der Waals surface area contributed by atoms with E-state index in [2.05, 4.69) is 15.3 Å². The molecule has 0 aliphatic rings. The van der Waals surface area contributed by atoms with E-state index in [0.29, 0.717) is 24.0 Å². The smallest absolute Gasteiger partial charge is 0.135 e. The summed E-state index contributed by atoms with van der Waals surface area (Å²) in [5.74, 6) is 2.12. The molecule has 0 aromatic carbocycles. The average Bonchev–Trinajstić information content (AvgIpc) is 2.18.